The molecule has 1 aromatic carbocycles. The van der Waals surface area contributed by atoms with E-state index >= 15 is 0 Å². The minimum atomic E-state index is 0.0135. The second-order valence-corrected chi connectivity index (χ2v) is 6.54. The fourth-order valence-corrected chi connectivity index (χ4v) is 2.89. The number of ether oxygens (including phenoxy) is 1. The molecule has 1 saturated carbocycles. The molecule has 0 saturated heterocycles. The molecule has 3 N–H and O–H groups in total. The number of aromatic nitrogens is 1. The van der Waals surface area contributed by atoms with E-state index in [1.54, 1.807) is 0 Å². The molecule has 25 heavy (non-hydrogen) atoms. The second-order valence-electron chi connectivity index (χ2n) is 6.54. The summed E-state index contributed by atoms with van der Waals surface area (Å²) < 4.78 is 5.45. The number of aryl methyl sites for hydroxylation is 1. The molecule has 0 aliphatic heterocycles. The lowest BCUT2D eigenvalue weighted by atomic mass is 10.1. The molecule has 1 aliphatic carbocycles. The van der Waals surface area contributed by atoms with E-state index in [4.69, 9.17) is 10.5 Å². The Kier molecular flexibility index (Phi) is 5.66. The molecule has 0 radical (unpaired) electrons. The third-order valence-electron chi connectivity index (χ3n) is 4.31. The highest BCUT2D eigenvalue weighted by Crippen LogP contribution is 2.40. The van der Waals surface area contributed by atoms with E-state index in [0.29, 0.717) is 25.5 Å². The molecule has 0 spiro atoms. The molecule has 1 atom stereocenters. The standard InChI is InChI=1S/C20H25N3O2/c1-14-3-2-4-18(22-14)20(16-7-8-16)23-19(24)13-15-5-9-17(10-6-15)25-12-11-21/h2-6,9-10,16,20H,7-8,11-13,21H2,1H3,(H,23,24)/t20-/m0/s1. The summed E-state index contributed by atoms with van der Waals surface area (Å²) in [5, 5.41) is 3.17. The Balaban J connectivity index is 1.60. The zero-order chi connectivity index (χ0) is 17.6. The number of nitrogens with one attached hydrogen (secondary N) is 1. The van der Waals surface area contributed by atoms with Gasteiger partial charge in [0.2, 0.25) is 5.91 Å². The second kappa shape index (κ2) is 8.12. The monoisotopic (exact) mass is 339 g/mol. The lowest BCUT2D eigenvalue weighted by molar-refractivity contribution is -0.121. The Bertz CT molecular complexity index is 711. The first kappa shape index (κ1) is 17.4. The van der Waals surface area contributed by atoms with Crippen LogP contribution < -0.4 is 15.8 Å². The summed E-state index contributed by atoms with van der Waals surface area (Å²) in [5.74, 6) is 1.30. The summed E-state index contributed by atoms with van der Waals surface area (Å²) in [4.78, 5) is 17.1. The van der Waals surface area contributed by atoms with Crippen molar-refractivity contribution in [3.8, 4) is 5.75 Å². The number of benzene rings is 1. The van der Waals surface area contributed by atoms with Crippen LogP contribution in [-0.4, -0.2) is 24.0 Å². The van der Waals surface area contributed by atoms with Gasteiger partial charge in [0, 0.05) is 12.2 Å². The van der Waals surface area contributed by atoms with E-state index < -0.39 is 0 Å². The van der Waals surface area contributed by atoms with Crippen molar-refractivity contribution < 1.29 is 9.53 Å². The molecule has 1 aliphatic rings. The lowest BCUT2D eigenvalue weighted by Gasteiger charge is -2.18. The number of rotatable bonds is 8. The number of amides is 1. The van der Waals surface area contributed by atoms with Crippen molar-refractivity contribution >= 4 is 5.91 Å². The highest BCUT2D eigenvalue weighted by Gasteiger charge is 2.34. The van der Waals surface area contributed by atoms with Crippen molar-refractivity contribution in [1.82, 2.24) is 10.3 Å². The number of hydrogen-bond acceptors (Lipinski definition) is 4. The Hall–Kier alpha value is -2.40. The summed E-state index contributed by atoms with van der Waals surface area (Å²) in [7, 11) is 0. The van der Waals surface area contributed by atoms with Crippen LogP contribution in [0.1, 0.15) is 35.8 Å². The Morgan fingerprint density at radius 2 is 2.04 bits per heavy atom. The molecule has 132 valence electrons. The largest absolute Gasteiger partial charge is 0.492 e. The molecule has 5 heteroatoms. The van der Waals surface area contributed by atoms with Crippen molar-refractivity contribution in [2.75, 3.05) is 13.2 Å². The van der Waals surface area contributed by atoms with Gasteiger partial charge in [-0.3, -0.25) is 9.78 Å². The molecule has 1 amide bonds. The quantitative estimate of drug-likeness (QED) is 0.775. The SMILES string of the molecule is Cc1cccc([C@@H](NC(=O)Cc2ccc(OCCN)cc2)C2CC2)n1. The summed E-state index contributed by atoms with van der Waals surface area (Å²) >= 11 is 0. The molecular weight excluding hydrogens is 314 g/mol. The molecular formula is C20H25N3O2. The number of hydrogen-bond donors (Lipinski definition) is 2. The molecule has 3 rings (SSSR count). The first-order valence-electron chi connectivity index (χ1n) is 8.80. The van der Waals surface area contributed by atoms with Gasteiger partial charge in [-0.15, -0.1) is 0 Å². The number of carbonyl (C=O) groups is 1. The molecule has 1 fully saturated rings. The van der Waals surface area contributed by atoms with Gasteiger partial charge in [-0.1, -0.05) is 18.2 Å². The fourth-order valence-electron chi connectivity index (χ4n) is 2.89. The van der Waals surface area contributed by atoms with Crippen LogP contribution in [0.15, 0.2) is 42.5 Å². The van der Waals surface area contributed by atoms with Crippen LogP contribution >= 0.6 is 0 Å². The van der Waals surface area contributed by atoms with Gasteiger partial charge in [0.15, 0.2) is 0 Å². The minimum absolute atomic E-state index is 0.0135. The first-order chi connectivity index (χ1) is 12.2. The summed E-state index contributed by atoms with van der Waals surface area (Å²) in [5.41, 5.74) is 8.32. The van der Waals surface area contributed by atoms with E-state index in [1.807, 2.05) is 49.4 Å². The topological polar surface area (TPSA) is 77.2 Å². The van der Waals surface area contributed by atoms with Crippen LogP contribution in [-0.2, 0) is 11.2 Å². The van der Waals surface area contributed by atoms with E-state index in [9.17, 15) is 4.79 Å². The van der Waals surface area contributed by atoms with Crippen LogP contribution in [0, 0.1) is 12.8 Å². The van der Waals surface area contributed by atoms with Gasteiger partial charge in [-0.05, 0) is 55.5 Å². The van der Waals surface area contributed by atoms with Crippen molar-refractivity contribution in [2.24, 2.45) is 11.7 Å². The maximum absolute atomic E-state index is 12.5. The van der Waals surface area contributed by atoms with Crippen LogP contribution in [0.3, 0.4) is 0 Å². The molecule has 0 unspecified atom stereocenters. The van der Waals surface area contributed by atoms with Crippen LogP contribution in [0.4, 0.5) is 0 Å². The van der Waals surface area contributed by atoms with Gasteiger partial charge >= 0.3 is 0 Å². The van der Waals surface area contributed by atoms with Crippen LogP contribution in [0.25, 0.3) is 0 Å². The molecule has 0 bridgehead atoms. The Morgan fingerprint density at radius 1 is 1.28 bits per heavy atom. The highest BCUT2D eigenvalue weighted by atomic mass is 16.5. The lowest BCUT2D eigenvalue weighted by Crippen LogP contribution is -2.31. The minimum Gasteiger partial charge on any atom is -0.492 e. The predicted octanol–water partition coefficient (Wildman–Crippen LogP) is 2.54. The predicted molar refractivity (Wildman–Crippen MR) is 97.3 cm³/mol. The Labute approximate surface area is 148 Å². The number of pyridine rings is 1. The van der Waals surface area contributed by atoms with Crippen molar-refractivity contribution in [2.45, 2.75) is 32.2 Å². The van der Waals surface area contributed by atoms with Crippen molar-refractivity contribution in [1.29, 1.82) is 0 Å². The normalized spacial score (nSPS) is 14.8. The summed E-state index contributed by atoms with van der Waals surface area (Å²) in [6.45, 7) is 2.95. The van der Waals surface area contributed by atoms with Gasteiger partial charge in [-0.2, -0.15) is 0 Å². The maximum atomic E-state index is 12.5. The Morgan fingerprint density at radius 3 is 2.68 bits per heavy atom. The molecule has 5 nitrogen and oxygen atoms in total. The maximum Gasteiger partial charge on any atom is 0.224 e. The fraction of sp³-hybridized carbons (Fsp3) is 0.400. The highest BCUT2D eigenvalue weighted by molar-refractivity contribution is 5.79. The van der Waals surface area contributed by atoms with Crippen molar-refractivity contribution in [3.63, 3.8) is 0 Å². The molecule has 1 aromatic heterocycles. The number of nitrogens with two attached hydrogens (primary N) is 1. The van der Waals surface area contributed by atoms with E-state index in [-0.39, 0.29) is 11.9 Å². The van der Waals surface area contributed by atoms with Gasteiger partial charge < -0.3 is 15.8 Å². The smallest absolute Gasteiger partial charge is 0.224 e. The van der Waals surface area contributed by atoms with E-state index in [0.717, 1.165) is 35.5 Å². The third kappa shape index (κ3) is 5.03. The zero-order valence-corrected chi connectivity index (χ0v) is 14.6. The van der Waals surface area contributed by atoms with Gasteiger partial charge in [0.1, 0.15) is 12.4 Å². The van der Waals surface area contributed by atoms with E-state index in [2.05, 4.69) is 10.3 Å². The van der Waals surface area contributed by atoms with Crippen LogP contribution in [0.5, 0.6) is 5.75 Å². The van der Waals surface area contributed by atoms with Gasteiger partial charge in [0.05, 0.1) is 18.2 Å². The zero-order valence-electron chi connectivity index (χ0n) is 14.6. The van der Waals surface area contributed by atoms with Crippen LogP contribution in [0.2, 0.25) is 0 Å². The van der Waals surface area contributed by atoms with E-state index in [1.165, 1.54) is 0 Å². The number of nitrogens with zero attached hydrogens (tertiary/aromatic N) is 1. The first-order valence-corrected chi connectivity index (χ1v) is 8.80. The summed E-state index contributed by atoms with van der Waals surface area (Å²) in [6.07, 6.45) is 2.65. The third-order valence-corrected chi connectivity index (χ3v) is 4.31. The van der Waals surface area contributed by atoms with Gasteiger partial charge in [-0.25, -0.2) is 0 Å². The average Bonchev–Trinajstić information content (AvgIpc) is 3.44. The van der Waals surface area contributed by atoms with Gasteiger partial charge in [0.25, 0.3) is 0 Å². The molecule has 2 aromatic rings. The van der Waals surface area contributed by atoms with Crippen molar-refractivity contribution in [3.05, 3.63) is 59.4 Å². The average molecular weight is 339 g/mol. The molecule has 1 heterocycles. The summed E-state index contributed by atoms with van der Waals surface area (Å²) in [6, 6.07) is 13.6. The number of carbonyl (C=O) groups excluding carboxylic acids is 1.